The highest BCUT2D eigenvalue weighted by atomic mass is 16.4. The van der Waals surface area contributed by atoms with Crippen molar-refractivity contribution >= 4 is 5.97 Å². The van der Waals surface area contributed by atoms with Gasteiger partial charge in [-0.1, -0.05) is 31.2 Å². The third-order valence-electron chi connectivity index (χ3n) is 3.50. The van der Waals surface area contributed by atoms with Crippen LogP contribution in [0.4, 0.5) is 0 Å². The molecule has 6 heteroatoms. The molecule has 2 aromatic heterocycles. The highest BCUT2D eigenvalue weighted by Gasteiger charge is 2.21. The summed E-state index contributed by atoms with van der Waals surface area (Å²) in [6.07, 6.45) is 3.54. The number of aromatic carboxylic acids is 1. The summed E-state index contributed by atoms with van der Waals surface area (Å²) in [5, 5.41) is 17.1. The van der Waals surface area contributed by atoms with Crippen molar-refractivity contribution in [3.8, 4) is 11.5 Å². The number of hydrogen-bond donors (Lipinski definition) is 1. The van der Waals surface area contributed by atoms with E-state index in [2.05, 4.69) is 24.2 Å². The molecule has 0 radical (unpaired) electrons. The Kier molecular flexibility index (Phi) is 3.50. The zero-order valence-electron chi connectivity index (χ0n) is 12.3. The molecule has 0 amide bonds. The fourth-order valence-corrected chi connectivity index (χ4v) is 2.30. The SMILES string of the molecule is CC(C)c1ccc(-n2nnc(C(=O)O)c2-n2cccc2)cc1. The minimum atomic E-state index is -1.10. The number of aromatic nitrogens is 4. The second-order valence-electron chi connectivity index (χ2n) is 5.32. The highest BCUT2D eigenvalue weighted by molar-refractivity contribution is 5.89. The Morgan fingerprint density at radius 1 is 1.14 bits per heavy atom. The zero-order valence-corrected chi connectivity index (χ0v) is 12.3. The van der Waals surface area contributed by atoms with Gasteiger partial charge in [0, 0.05) is 12.4 Å². The molecule has 3 rings (SSSR count). The number of nitrogens with zero attached hydrogens (tertiary/aromatic N) is 4. The third kappa shape index (κ3) is 2.39. The minimum absolute atomic E-state index is 0.0795. The molecule has 1 N–H and O–H groups in total. The molecule has 0 atom stereocenters. The Morgan fingerprint density at radius 3 is 2.32 bits per heavy atom. The molecule has 112 valence electrons. The fraction of sp³-hybridized carbons (Fsp3) is 0.188. The van der Waals surface area contributed by atoms with E-state index in [1.165, 1.54) is 10.2 Å². The molecule has 6 nitrogen and oxygen atoms in total. The lowest BCUT2D eigenvalue weighted by molar-refractivity contribution is 0.0690. The van der Waals surface area contributed by atoms with E-state index < -0.39 is 5.97 Å². The van der Waals surface area contributed by atoms with Crippen LogP contribution < -0.4 is 0 Å². The van der Waals surface area contributed by atoms with E-state index in [0.717, 1.165) is 5.69 Å². The maximum Gasteiger partial charge on any atom is 0.360 e. The Morgan fingerprint density at radius 2 is 1.77 bits per heavy atom. The largest absolute Gasteiger partial charge is 0.476 e. The van der Waals surface area contributed by atoms with Gasteiger partial charge in [-0.15, -0.1) is 5.10 Å². The lowest BCUT2D eigenvalue weighted by Gasteiger charge is -2.10. The van der Waals surface area contributed by atoms with Gasteiger partial charge in [0.25, 0.3) is 0 Å². The molecule has 3 aromatic rings. The smallest absolute Gasteiger partial charge is 0.360 e. The number of hydrogen-bond acceptors (Lipinski definition) is 3. The molecule has 0 unspecified atom stereocenters. The van der Waals surface area contributed by atoms with E-state index >= 15 is 0 Å². The second-order valence-corrected chi connectivity index (χ2v) is 5.32. The van der Waals surface area contributed by atoms with Gasteiger partial charge in [0.15, 0.2) is 5.82 Å². The molecule has 0 fully saturated rings. The van der Waals surface area contributed by atoms with Crippen LogP contribution >= 0.6 is 0 Å². The number of carbonyl (C=O) groups is 1. The first-order valence-corrected chi connectivity index (χ1v) is 7.00. The Hall–Kier alpha value is -2.89. The normalized spacial score (nSPS) is 11.0. The van der Waals surface area contributed by atoms with E-state index in [-0.39, 0.29) is 5.69 Å². The van der Waals surface area contributed by atoms with Gasteiger partial charge in [-0.3, -0.25) is 0 Å². The number of rotatable bonds is 4. The van der Waals surface area contributed by atoms with E-state index in [1.807, 2.05) is 36.4 Å². The summed E-state index contributed by atoms with van der Waals surface area (Å²) in [6, 6.07) is 11.5. The molecular formula is C16H16N4O2. The van der Waals surface area contributed by atoms with Crippen LogP contribution in [0.2, 0.25) is 0 Å². The van der Waals surface area contributed by atoms with Crippen molar-refractivity contribution in [3.63, 3.8) is 0 Å². The maximum atomic E-state index is 11.4. The van der Waals surface area contributed by atoms with Gasteiger partial charge in [0.2, 0.25) is 5.69 Å². The highest BCUT2D eigenvalue weighted by Crippen LogP contribution is 2.20. The summed E-state index contributed by atoms with van der Waals surface area (Å²) in [6.45, 7) is 4.25. The Labute approximate surface area is 127 Å². The zero-order chi connectivity index (χ0) is 15.7. The predicted octanol–water partition coefficient (Wildman–Crippen LogP) is 2.88. The summed E-state index contributed by atoms with van der Waals surface area (Å²) < 4.78 is 3.23. The van der Waals surface area contributed by atoms with E-state index in [9.17, 15) is 9.90 Å². The quantitative estimate of drug-likeness (QED) is 0.803. The average Bonchev–Trinajstić information content (AvgIpc) is 3.16. The number of benzene rings is 1. The van der Waals surface area contributed by atoms with Crippen LogP contribution in [0.25, 0.3) is 11.5 Å². The van der Waals surface area contributed by atoms with Crippen LogP contribution in [0.5, 0.6) is 0 Å². The van der Waals surface area contributed by atoms with Crippen LogP contribution in [0.1, 0.15) is 35.8 Å². The summed E-state index contributed by atoms with van der Waals surface area (Å²) in [5.41, 5.74) is 1.90. The lowest BCUT2D eigenvalue weighted by atomic mass is 10.0. The van der Waals surface area contributed by atoms with Gasteiger partial charge >= 0.3 is 5.97 Å². The van der Waals surface area contributed by atoms with Crippen LogP contribution in [0.15, 0.2) is 48.8 Å². The summed E-state index contributed by atoms with van der Waals surface area (Å²) in [7, 11) is 0. The van der Waals surface area contributed by atoms with Crippen LogP contribution in [-0.4, -0.2) is 30.6 Å². The first-order valence-electron chi connectivity index (χ1n) is 7.00. The molecule has 22 heavy (non-hydrogen) atoms. The molecule has 0 aliphatic carbocycles. The average molecular weight is 296 g/mol. The molecule has 1 aromatic carbocycles. The van der Waals surface area contributed by atoms with Gasteiger partial charge in [-0.2, -0.15) is 4.68 Å². The molecule has 0 aliphatic heterocycles. The van der Waals surface area contributed by atoms with Gasteiger partial charge < -0.3 is 9.67 Å². The van der Waals surface area contributed by atoms with Gasteiger partial charge in [0.05, 0.1) is 5.69 Å². The molecule has 0 bridgehead atoms. The minimum Gasteiger partial charge on any atom is -0.476 e. The maximum absolute atomic E-state index is 11.4. The van der Waals surface area contributed by atoms with Crippen LogP contribution in [0.3, 0.4) is 0 Å². The third-order valence-corrected chi connectivity index (χ3v) is 3.50. The summed E-state index contributed by atoms with van der Waals surface area (Å²) in [4.78, 5) is 11.4. The van der Waals surface area contributed by atoms with Crippen molar-refractivity contribution in [2.75, 3.05) is 0 Å². The second kappa shape index (κ2) is 5.48. The molecule has 2 heterocycles. The molecular weight excluding hydrogens is 280 g/mol. The first kappa shape index (κ1) is 14.1. The predicted molar refractivity (Wildman–Crippen MR) is 81.7 cm³/mol. The lowest BCUT2D eigenvalue weighted by Crippen LogP contribution is -2.08. The topological polar surface area (TPSA) is 72.9 Å². The van der Waals surface area contributed by atoms with Crippen molar-refractivity contribution in [3.05, 3.63) is 60.0 Å². The number of carboxylic acid groups (broad SMARTS) is 1. The number of carboxylic acids is 1. The first-order chi connectivity index (χ1) is 10.6. The van der Waals surface area contributed by atoms with Gasteiger partial charge in [0.1, 0.15) is 0 Å². The Balaban J connectivity index is 2.13. The molecule has 0 saturated heterocycles. The van der Waals surface area contributed by atoms with E-state index in [4.69, 9.17) is 0 Å². The van der Waals surface area contributed by atoms with Crippen molar-refractivity contribution in [1.82, 2.24) is 19.6 Å². The fourth-order valence-electron chi connectivity index (χ4n) is 2.30. The van der Waals surface area contributed by atoms with Crippen LogP contribution in [-0.2, 0) is 0 Å². The van der Waals surface area contributed by atoms with Crippen LogP contribution in [0, 0.1) is 0 Å². The van der Waals surface area contributed by atoms with Crippen molar-refractivity contribution in [1.29, 1.82) is 0 Å². The van der Waals surface area contributed by atoms with Gasteiger partial charge in [-0.25, -0.2) is 4.79 Å². The molecule has 0 saturated carbocycles. The summed E-state index contributed by atoms with van der Waals surface area (Å²) in [5.74, 6) is -0.258. The Bertz CT molecular complexity index is 786. The van der Waals surface area contributed by atoms with Crippen molar-refractivity contribution in [2.24, 2.45) is 0 Å². The summed E-state index contributed by atoms with van der Waals surface area (Å²) >= 11 is 0. The van der Waals surface area contributed by atoms with Crippen molar-refractivity contribution < 1.29 is 9.90 Å². The van der Waals surface area contributed by atoms with E-state index in [0.29, 0.717) is 11.7 Å². The monoisotopic (exact) mass is 296 g/mol. The van der Waals surface area contributed by atoms with Gasteiger partial charge in [-0.05, 0) is 35.7 Å². The van der Waals surface area contributed by atoms with Crippen molar-refractivity contribution in [2.45, 2.75) is 19.8 Å². The molecule has 0 aliphatic rings. The standard InChI is InChI=1S/C16H16N4O2/c1-11(2)12-5-7-13(8-6-12)20-15(19-9-3-4-10-19)14(16(21)22)17-18-20/h3-11H,1-2H3,(H,21,22). The molecule has 0 spiro atoms. The van der Waals surface area contributed by atoms with E-state index in [1.54, 1.807) is 17.0 Å².